The van der Waals surface area contributed by atoms with Crippen LogP contribution in [0.1, 0.15) is 15.9 Å². The van der Waals surface area contributed by atoms with E-state index < -0.39 is 5.91 Å². The maximum atomic E-state index is 11.6. The summed E-state index contributed by atoms with van der Waals surface area (Å²) in [5.41, 5.74) is 6.29. The molecule has 0 atom stereocenters. The number of primary amides is 1. The number of ether oxygens (including phenoxy) is 1. The van der Waals surface area contributed by atoms with Crippen molar-refractivity contribution in [3.63, 3.8) is 0 Å². The van der Waals surface area contributed by atoms with Gasteiger partial charge in [-0.15, -0.1) is 0 Å². The molecule has 0 aromatic heterocycles. The van der Waals surface area contributed by atoms with E-state index in [4.69, 9.17) is 10.5 Å². The highest BCUT2D eigenvalue weighted by atomic mass is 16.5. The molecular formula is C11H14N2O3. The van der Waals surface area contributed by atoms with Gasteiger partial charge in [-0.1, -0.05) is 6.07 Å². The third kappa shape index (κ3) is 2.98. The molecule has 16 heavy (non-hydrogen) atoms. The van der Waals surface area contributed by atoms with Crippen molar-refractivity contribution in [2.24, 2.45) is 5.73 Å². The maximum absolute atomic E-state index is 11.6. The van der Waals surface area contributed by atoms with Gasteiger partial charge in [-0.05, 0) is 24.6 Å². The summed E-state index contributed by atoms with van der Waals surface area (Å²) in [7, 11) is 1.54. The SMILES string of the molecule is COc1cc(C(=O)NCC(N)=O)ccc1C. The van der Waals surface area contributed by atoms with Crippen molar-refractivity contribution in [1.82, 2.24) is 5.32 Å². The van der Waals surface area contributed by atoms with Crippen LogP contribution in [0.4, 0.5) is 0 Å². The van der Waals surface area contributed by atoms with Crippen LogP contribution in [0.5, 0.6) is 5.75 Å². The average molecular weight is 222 g/mol. The number of benzene rings is 1. The zero-order chi connectivity index (χ0) is 12.1. The van der Waals surface area contributed by atoms with Crippen LogP contribution in [0.15, 0.2) is 18.2 Å². The molecule has 1 aromatic rings. The molecule has 0 aliphatic rings. The van der Waals surface area contributed by atoms with Gasteiger partial charge in [0.2, 0.25) is 5.91 Å². The van der Waals surface area contributed by atoms with Gasteiger partial charge in [0, 0.05) is 5.56 Å². The molecule has 0 spiro atoms. The minimum atomic E-state index is -0.576. The van der Waals surface area contributed by atoms with Crippen molar-refractivity contribution in [2.45, 2.75) is 6.92 Å². The van der Waals surface area contributed by atoms with E-state index in [-0.39, 0.29) is 12.5 Å². The van der Waals surface area contributed by atoms with E-state index in [1.807, 2.05) is 6.92 Å². The fraction of sp³-hybridized carbons (Fsp3) is 0.273. The molecule has 0 aliphatic heterocycles. The summed E-state index contributed by atoms with van der Waals surface area (Å²) in [5.74, 6) is -0.295. The molecule has 5 nitrogen and oxygen atoms in total. The smallest absolute Gasteiger partial charge is 0.251 e. The first-order valence-electron chi connectivity index (χ1n) is 4.75. The third-order valence-corrected chi connectivity index (χ3v) is 2.09. The zero-order valence-electron chi connectivity index (χ0n) is 9.24. The summed E-state index contributed by atoms with van der Waals surface area (Å²) in [6.07, 6.45) is 0. The quantitative estimate of drug-likeness (QED) is 0.764. The van der Waals surface area contributed by atoms with Gasteiger partial charge < -0.3 is 15.8 Å². The van der Waals surface area contributed by atoms with Gasteiger partial charge in [-0.2, -0.15) is 0 Å². The lowest BCUT2D eigenvalue weighted by molar-refractivity contribution is -0.117. The van der Waals surface area contributed by atoms with Crippen molar-refractivity contribution < 1.29 is 14.3 Å². The lowest BCUT2D eigenvalue weighted by atomic mass is 10.1. The van der Waals surface area contributed by atoms with Crippen LogP contribution in [0.3, 0.4) is 0 Å². The summed E-state index contributed by atoms with van der Waals surface area (Å²) in [6.45, 7) is 1.71. The van der Waals surface area contributed by atoms with E-state index in [0.29, 0.717) is 11.3 Å². The van der Waals surface area contributed by atoms with Crippen LogP contribution in [0.25, 0.3) is 0 Å². The molecule has 5 heteroatoms. The van der Waals surface area contributed by atoms with E-state index in [1.165, 1.54) is 7.11 Å². The highest BCUT2D eigenvalue weighted by Crippen LogP contribution is 2.18. The summed E-state index contributed by atoms with van der Waals surface area (Å²) < 4.78 is 5.09. The number of aryl methyl sites for hydroxylation is 1. The predicted octanol–water partition coefficient (Wildman–Crippen LogP) is 0.219. The molecule has 86 valence electrons. The minimum absolute atomic E-state index is 0.172. The summed E-state index contributed by atoms with van der Waals surface area (Å²) >= 11 is 0. The summed E-state index contributed by atoms with van der Waals surface area (Å²) in [6, 6.07) is 5.05. The number of hydrogen-bond donors (Lipinski definition) is 2. The Hall–Kier alpha value is -2.04. The largest absolute Gasteiger partial charge is 0.496 e. The van der Waals surface area contributed by atoms with Crippen molar-refractivity contribution in [3.05, 3.63) is 29.3 Å². The van der Waals surface area contributed by atoms with Gasteiger partial charge >= 0.3 is 0 Å². The number of carbonyl (C=O) groups is 2. The molecule has 0 saturated carbocycles. The van der Waals surface area contributed by atoms with Crippen LogP contribution >= 0.6 is 0 Å². The molecule has 0 heterocycles. The second-order valence-corrected chi connectivity index (χ2v) is 3.33. The Bertz CT molecular complexity index is 416. The number of rotatable bonds is 4. The molecular weight excluding hydrogens is 208 g/mol. The van der Waals surface area contributed by atoms with Crippen LogP contribution in [0.2, 0.25) is 0 Å². The van der Waals surface area contributed by atoms with Crippen molar-refractivity contribution in [2.75, 3.05) is 13.7 Å². The van der Waals surface area contributed by atoms with Gasteiger partial charge in [0.05, 0.1) is 13.7 Å². The number of nitrogens with two attached hydrogens (primary N) is 1. The third-order valence-electron chi connectivity index (χ3n) is 2.09. The van der Waals surface area contributed by atoms with Crippen LogP contribution < -0.4 is 15.8 Å². The molecule has 0 bridgehead atoms. The number of methoxy groups -OCH3 is 1. The Morgan fingerprint density at radius 2 is 2.12 bits per heavy atom. The topological polar surface area (TPSA) is 81.4 Å². The second-order valence-electron chi connectivity index (χ2n) is 3.33. The molecule has 0 aliphatic carbocycles. The average Bonchev–Trinajstić information content (AvgIpc) is 2.26. The Labute approximate surface area is 93.6 Å². The normalized spacial score (nSPS) is 9.62. The summed E-state index contributed by atoms with van der Waals surface area (Å²) in [5, 5.41) is 2.40. The fourth-order valence-corrected chi connectivity index (χ4v) is 1.23. The van der Waals surface area contributed by atoms with Crippen LogP contribution in [0, 0.1) is 6.92 Å². The molecule has 0 unspecified atom stereocenters. The van der Waals surface area contributed by atoms with E-state index in [2.05, 4.69) is 5.32 Å². The van der Waals surface area contributed by atoms with Gasteiger partial charge in [0.15, 0.2) is 0 Å². The highest BCUT2D eigenvalue weighted by molar-refractivity contribution is 5.96. The maximum Gasteiger partial charge on any atom is 0.251 e. The highest BCUT2D eigenvalue weighted by Gasteiger charge is 2.08. The Morgan fingerprint density at radius 1 is 1.44 bits per heavy atom. The first-order valence-corrected chi connectivity index (χ1v) is 4.75. The second kappa shape index (κ2) is 5.16. The number of amides is 2. The van der Waals surface area contributed by atoms with Gasteiger partial charge in [-0.25, -0.2) is 0 Å². The Balaban J connectivity index is 2.80. The van der Waals surface area contributed by atoms with Crippen molar-refractivity contribution >= 4 is 11.8 Å². The van der Waals surface area contributed by atoms with Crippen LogP contribution in [-0.4, -0.2) is 25.5 Å². The Kier molecular flexibility index (Phi) is 3.88. The molecule has 0 fully saturated rings. The standard InChI is InChI=1S/C11H14N2O3/c1-7-3-4-8(5-9(7)16-2)11(15)13-6-10(12)14/h3-5H,6H2,1-2H3,(H2,12,14)(H,13,15). The molecule has 1 aromatic carbocycles. The molecule has 0 saturated heterocycles. The number of carbonyl (C=O) groups excluding carboxylic acids is 2. The van der Waals surface area contributed by atoms with Crippen molar-refractivity contribution in [1.29, 1.82) is 0 Å². The summed E-state index contributed by atoms with van der Waals surface area (Å²) in [4.78, 5) is 22.0. The zero-order valence-corrected chi connectivity index (χ0v) is 9.24. The van der Waals surface area contributed by atoms with Gasteiger partial charge in [0.25, 0.3) is 5.91 Å². The molecule has 0 radical (unpaired) electrons. The first-order chi connectivity index (χ1) is 7.54. The van der Waals surface area contributed by atoms with E-state index in [1.54, 1.807) is 18.2 Å². The first kappa shape index (κ1) is 12.0. The van der Waals surface area contributed by atoms with E-state index in [0.717, 1.165) is 5.56 Å². The number of nitrogens with one attached hydrogen (secondary N) is 1. The van der Waals surface area contributed by atoms with E-state index >= 15 is 0 Å². The van der Waals surface area contributed by atoms with E-state index in [9.17, 15) is 9.59 Å². The van der Waals surface area contributed by atoms with Crippen molar-refractivity contribution in [3.8, 4) is 5.75 Å². The van der Waals surface area contributed by atoms with Gasteiger partial charge in [-0.3, -0.25) is 9.59 Å². The predicted molar refractivity (Wildman–Crippen MR) is 59.3 cm³/mol. The van der Waals surface area contributed by atoms with Crippen LogP contribution in [-0.2, 0) is 4.79 Å². The monoisotopic (exact) mass is 222 g/mol. The minimum Gasteiger partial charge on any atom is -0.496 e. The lowest BCUT2D eigenvalue weighted by Crippen LogP contribution is -2.33. The number of hydrogen-bond acceptors (Lipinski definition) is 3. The lowest BCUT2D eigenvalue weighted by Gasteiger charge is -2.07. The fourth-order valence-electron chi connectivity index (χ4n) is 1.23. The van der Waals surface area contributed by atoms with Gasteiger partial charge in [0.1, 0.15) is 5.75 Å². The molecule has 2 amide bonds. The molecule has 3 N–H and O–H groups in total. The molecule has 1 rings (SSSR count). The Morgan fingerprint density at radius 3 is 2.69 bits per heavy atom.